The van der Waals surface area contributed by atoms with Gasteiger partial charge in [0, 0.05) is 4.88 Å². The van der Waals surface area contributed by atoms with Gasteiger partial charge in [-0.3, -0.25) is 4.79 Å². The van der Waals surface area contributed by atoms with E-state index in [-0.39, 0.29) is 11.1 Å². The van der Waals surface area contributed by atoms with Gasteiger partial charge < -0.3 is 19.2 Å². The molecule has 11 heteroatoms. The lowest BCUT2D eigenvalue weighted by Crippen LogP contribution is -2.22. The minimum absolute atomic E-state index is 0.179. The molecule has 0 radical (unpaired) electrons. The fraction of sp³-hybridized carbons (Fsp3) is 0.286. The van der Waals surface area contributed by atoms with Crippen molar-refractivity contribution in [1.29, 1.82) is 0 Å². The summed E-state index contributed by atoms with van der Waals surface area (Å²) in [5, 5.41) is 3.37. The molecular weight excluding hydrogens is 454 g/mol. The third-order valence-corrected chi connectivity index (χ3v) is 6.36. The van der Waals surface area contributed by atoms with Gasteiger partial charge in [-0.2, -0.15) is 0 Å². The smallest absolute Gasteiger partial charge is 0.343 e. The molecule has 168 valence electrons. The van der Waals surface area contributed by atoms with Crippen LogP contribution in [0.1, 0.15) is 36.9 Å². The number of rotatable bonds is 7. The summed E-state index contributed by atoms with van der Waals surface area (Å²) in [6.45, 7) is 4.72. The quantitative estimate of drug-likeness (QED) is 0.307. The van der Waals surface area contributed by atoms with Gasteiger partial charge in [0.25, 0.3) is 5.91 Å². The third-order valence-electron chi connectivity index (χ3n) is 4.56. The number of aromatic nitrogens is 2. The minimum atomic E-state index is -0.722. The monoisotopic (exact) mass is 475 g/mol. The summed E-state index contributed by atoms with van der Waals surface area (Å²) in [7, 11) is 1.27. The van der Waals surface area contributed by atoms with Crippen LogP contribution in [0.2, 0.25) is 0 Å². The Morgan fingerprint density at radius 3 is 2.53 bits per heavy atom. The fourth-order valence-corrected chi connectivity index (χ4v) is 4.55. The molecule has 0 aliphatic heterocycles. The number of esters is 2. The lowest BCUT2D eigenvalue weighted by molar-refractivity contribution is -0.119. The van der Waals surface area contributed by atoms with Crippen molar-refractivity contribution in [3.05, 3.63) is 45.7 Å². The predicted octanol–water partition coefficient (Wildman–Crippen LogP) is 4.03. The summed E-state index contributed by atoms with van der Waals surface area (Å²) in [6.07, 6.45) is 3.28. The van der Waals surface area contributed by atoms with Crippen LogP contribution in [0.4, 0.5) is 5.00 Å². The molecule has 0 spiro atoms. The second-order valence-corrected chi connectivity index (χ2v) is 8.62. The van der Waals surface area contributed by atoms with Gasteiger partial charge in [0.2, 0.25) is 0 Å². The molecule has 0 aliphatic carbocycles. The molecule has 0 aliphatic rings. The number of hydrogen-bond donors (Lipinski definition) is 1. The highest BCUT2D eigenvalue weighted by Gasteiger charge is 2.24. The Morgan fingerprint density at radius 1 is 1.16 bits per heavy atom. The Hall–Kier alpha value is -3.18. The van der Waals surface area contributed by atoms with Crippen LogP contribution in [0.3, 0.4) is 0 Å². The van der Waals surface area contributed by atoms with Crippen molar-refractivity contribution >= 4 is 45.9 Å². The van der Waals surface area contributed by atoms with Gasteiger partial charge in [-0.25, -0.2) is 19.6 Å². The number of thiophene rings is 1. The molecule has 3 rings (SSSR count). The minimum Gasteiger partial charge on any atom is -0.465 e. The maximum atomic E-state index is 12.7. The average molecular weight is 476 g/mol. The van der Waals surface area contributed by atoms with Crippen LogP contribution in [0, 0.1) is 20.8 Å². The van der Waals surface area contributed by atoms with Gasteiger partial charge in [0.15, 0.2) is 18.2 Å². The Labute approximate surface area is 192 Å². The summed E-state index contributed by atoms with van der Waals surface area (Å²) in [5.74, 6) is -1.02. The van der Waals surface area contributed by atoms with Gasteiger partial charge in [-0.05, 0) is 44.7 Å². The largest absolute Gasteiger partial charge is 0.465 e. The Morgan fingerprint density at radius 2 is 1.91 bits per heavy atom. The van der Waals surface area contributed by atoms with E-state index >= 15 is 0 Å². The van der Waals surface area contributed by atoms with Crippen molar-refractivity contribution in [2.24, 2.45) is 0 Å². The van der Waals surface area contributed by atoms with E-state index in [2.05, 4.69) is 15.3 Å². The normalized spacial score (nSPS) is 10.7. The first kappa shape index (κ1) is 23.5. The second-order valence-electron chi connectivity index (χ2n) is 6.60. The van der Waals surface area contributed by atoms with Crippen LogP contribution in [-0.4, -0.2) is 47.8 Å². The lowest BCUT2D eigenvalue weighted by atomic mass is 10.1. The molecule has 0 fully saturated rings. The Balaban J connectivity index is 1.73. The van der Waals surface area contributed by atoms with Crippen LogP contribution in [0.5, 0.6) is 0 Å². The summed E-state index contributed by atoms with van der Waals surface area (Å²) in [6, 6.07) is 3.44. The van der Waals surface area contributed by atoms with Gasteiger partial charge in [0.05, 0.1) is 24.6 Å². The summed E-state index contributed by atoms with van der Waals surface area (Å²) in [4.78, 5) is 46.7. The highest BCUT2D eigenvalue weighted by molar-refractivity contribution is 7.98. The molecular formula is C21H21N3O6S2. The van der Waals surface area contributed by atoms with Crippen LogP contribution >= 0.6 is 23.1 Å². The molecule has 0 aromatic carbocycles. The zero-order valence-electron chi connectivity index (χ0n) is 18.1. The van der Waals surface area contributed by atoms with Crippen molar-refractivity contribution in [1.82, 2.24) is 9.97 Å². The topological polar surface area (TPSA) is 121 Å². The number of aryl methyl sites for hydroxylation is 2. The zero-order chi connectivity index (χ0) is 23.4. The summed E-state index contributed by atoms with van der Waals surface area (Å²) in [5.41, 5.74) is 1.59. The molecule has 32 heavy (non-hydrogen) atoms. The number of nitrogens with one attached hydrogen (secondary N) is 1. The second kappa shape index (κ2) is 9.96. The van der Waals surface area contributed by atoms with E-state index in [1.807, 2.05) is 6.92 Å². The van der Waals surface area contributed by atoms with Gasteiger partial charge >= 0.3 is 11.9 Å². The molecule has 0 saturated carbocycles. The standard InChI is InChI=1S/C21H21N3O6S2/c1-10-12(3)32-19(15(10)20(26)28-4)23-14(25)9-30-21(27)16-11(2)22-17(24-18(16)31-5)13-7-6-8-29-13/h6-8H,9H2,1-5H3,(H,23,25). The predicted molar refractivity (Wildman–Crippen MR) is 120 cm³/mol. The fourth-order valence-electron chi connectivity index (χ4n) is 2.87. The van der Waals surface area contributed by atoms with E-state index in [1.165, 1.54) is 36.5 Å². The first-order valence-electron chi connectivity index (χ1n) is 9.38. The summed E-state index contributed by atoms with van der Waals surface area (Å²) >= 11 is 2.50. The molecule has 0 saturated heterocycles. The Kier molecular flexibility index (Phi) is 7.31. The molecule has 9 nitrogen and oxygen atoms in total. The molecule has 3 aromatic rings. The maximum absolute atomic E-state index is 12.7. The molecule has 3 aromatic heterocycles. The van der Waals surface area contributed by atoms with E-state index in [9.17, 15) is 14.4 Å². The number of carbonyl (C=O) groups excluding carboxylic acids is 3. The van der Waals surface area contributed by atoms with Crippen LogP contribution in [0.25, 0.3) is 11.6 Å². The van der Waals surface area contributed by atoms with Crippen molar-refractivity contribution in [3.63, 3.8) is 0 Å². The highest BCUT2D eigenvalue weighted by atomic mass is 32.2. The van der Waals surface area contributed by atoms with Crippen LogP contribution in [0.15, 0.2) is 27.8 Å². The number of thioether (sulfide) groups is 1. The third kappa shape index (κ3) is 4.83. The molecule has 0 bridgehead atoms. The highest BCUT2D eigenvalue weighted by Crippen LogP contribution is 2.33. The van der Waals surface area contributed by atoms with E-state index < -0.39 is 24.5 Å². The summed E-state index contributed by atoms with van der Waals surface area (Å²) < 4.78 is 15.3. The van der Waals surface area contributed by atoms with Crippen molar-refractivity contribution in [2.45, 2.75) is 25.8 Å². The Bertz CT molecular complexity index is 1170. The molecule has 1 amide bonds. The van der Waals surface area contributed by atoms with E-state index in [0.29, 0.717) is 27.3 Å². The number of furan rings is 1. The van der Waals surface area contributed by atoms with Crippen LogP contribution < -0.4 is 5.32 Å². The molecule has 1 N–H and O–H groups in total. The van der Waals surface area contributed by atoms with Gasteiger partial charge in [-0.15, -0.1) is 23.1 Å². The van der Waals surface area contributed by atoms with E-state index in [4.69, 9.17) is 13.9 Å². The lowest BCUT2D eigenvalue weighted by Gasteiger charge is -2.11. The van der Waals surface area contributed by atoms with Crippen molar-refractivity contribution in [2.75, 3.05) is 25.3 Å². The number of anilines is 1. The number of hydrogen-bond acceptors (Lipinski definition) is 10. The molecule has 0 atom stereocenters. The first-order valence-corrected chi connectivity index (χ1v) is 11.4. The maximum Gasteiger partial charge on any atom is 0.343 e. The van der Waals surface area contributed by atoms with Gasteiger partial charge in [0.1, 0.15) is 15.6 Å². The zero-order valence-corrected chi connectivity index (χ0v) is 19.7. The first-order chi connectivity index (χ1) is 15.3. The van der Waals surface area contributed by atoms with E-state index in [0.717, 1.165) is 10.4 Å². The number of nitrogens with zero attached hydrogens (tertiary/aromatic N) is 2. The van der Waals surface area contributed by atoms with Gasteiger partial charge in [-0.1, -0.05) is 0 Å². The van der Waals surface area contributed by atoms with Crippen LogP contribution in [-0.2, 0) is 14.3 Å². The average Bonchev–Trinajstić information content (AvgIpc) is 3.39. The number of ether oxygens (including phenoxy) is 2. The SMILES string of the molecule is COC(=O)c1c(NC(=O)COC(=O)c2c(C)nc(-c3ccco3)nc2SC)sc(C)c1C. The van der Waals surface area contributed by atoms with Crippen molar-refractivity contribution < 1.29 is 28.3 Å². The number of carbonyl (C=O) groups is 3. The molecule has 3 heterocycles. The number of amides is 1. The van der Waals surface area contributed by atoms with Crippen molar-refractivity contribution in [3.8, 4) is 11.6 Å². The molecule has 0 unspecified atom stereocenters. The van der Waals surface area contributed by atoms with E-state index in [1.54, 1.807) is 32.2 Å². The number of methoxy groups -OCH3 is 1.